The molecule has 0 N–H and O–H groups in total. The molecule has 3 nitrogen and oxygen atoms in total. The molecule has 0 amide bonds. The third-order valence-electron chi connectivity index (χ3n) is 7.02. The predicted molar refractivity (Wildman–Crippen MR) is 157 cm³/mol. The quantitative estimate of drug-likeness (QED) is 0.127. The molecule has 0 aliphatic heterocycles. The number of benzene rings is 1. The Morgan fingerprint density at radius 2 is 1.08 bits per heavy atom. The maximum Gasteiger partial charge on any atom is 0.147 e. The number of unbranched alkanes of at least 4 members (excludes halogenated alkanes) is 15. The van der Waals surface area contributed by atoms with E-state index in [0.717, 1.165) is 18.4 Å². The zero-order valence-electron chi connectivity index (χ0n) is 24.9. The van der Waals surface area contributed by atoms with Gasteiger partial charge in [0.15, 0.2) is 0 Å². The molecule has 0 spiro atoms. The van der Waals surface area contributed by atoms with Crippen molar-refractivity contribution in [1.82, 2.24) is 0 Å². The summed E-state index contributed by atoms with van der Waals surface area (Å²) < 4.78 is 11.3. The molecule has 0 aliphatic carbocycles. The molecule has 0 radical (unpaired) electrons. The van der Waals surface area contributed by atoms with Crippen LogP contribution in [0.3, 0.4) is 0 Å². The highest BCUT2D eigenvalue weighted by molar-refractivity contribution is 7.39. The third kappa shape index (κ3) is 15.6. The lowest BCUT2D eigenvalue weighted by Gasteiger charge is -2.30. The Kier molecular flexibility index (Phi) is 17.2. The summed E-state index contributed by atoms with van der Waals surface area (Å²) in [6, 6.07) is 6.21. The summed E-state index contributed by atoms with van der Waals surface area (Å²) in [6.07, 6.45) is 21.5. The molecule has 0 fully saturated rings. The zero-order chi connectivity index (χ0) is 26.9. The van der Waals surface area contributed by atoms with E-state index in [4.69, 9.17) is 9.05 Å². The topological polar surface area (TPSA) is 41.5 Å². The van der Waals surface area contributed by atoms with Crippen molar-refractivity contribution in [2.45, 2.75) is 162 Å². The van der Waals surface area contributed by atoms with Crippen LogP contribution < -0.4 is 9.42 Å². The summed E-state index contributed by atoms with van der Waals surface area (Å²) in [5.74, 6) is 0.670. The van der Waals surface area contributed by atoms with Crippen LogP contribution in [0, 0.1) is 0 Å². The SMILES string of the molecule is CCCCCCCCCCCCCCCCCCOP([O-])Oc1ccc(C(C)(C)C)cc1C(C)(C)C. The van der Waals surface area contributed by atoms with Crippen LogP contribution >= 0.6 is 8.60 Å². The first-order chi connectivity index (χ1) is 17.1. The monoisotopic (exact) mass is 521 g/mol. The van der Waals surface area contributed by atoms with E-state index in [2.05, 4.69) is 60.6 Å². The lowest BCUT2D eigenvalue weighted by molar-refractivity contribution is -0.196. The fourth-order valence-corrected chi connectivity index (χ4v) is 5.21. The summed E-state index contributed by atoms with van der Waals surface area (Å²) in [6.45, 7) is 15.9. The second kappa shape index (κ2) is 18.6. The van der Waals surface area contributed by atoms with Gasteiger partial charge < -0.3 is 13.9 Å². The van der Waals surface area contributed by atoms with Gasteiger partial charge in [-0.2, -0.15) is 0 Å². The molecule has 1 unspecified atom stereocenters. The van der Waals surface area contributed by atoms with Crippen molar-refractivity contribution in [2.75, 3.05) is 6.61 Å². The normalized spacial score (nSPS) is 13.2. The van der Waals surface area contributed by atoms with Gasteiger partial charge in [-0.05, 0) is 28.9 Å². The maximum absolute atomic E-state index is 12.4. The molecule has 0 aromatic heterocycles. The second-order valence-corrected chi connectivity index (χ2v) is 13.6. The molecule has 0 saturated heterocycles. The number of rotatable bonds is 20. The Morgan fingerprint density at radius 3 is 1.50 bits per heavy atom. The van der Waals surface area contributed by atoms with Gasteiger partial charge in [-0.25, -0.2) is 0 Å². The van der Waals surface area contributed by atoms with Crippen molar-refractivity contribution in [1.29, 1.82) is 0 Å². The maximum atomic E-state index is 12.4. The lowest BCUT2D eigenvalue weighted by atomic mass is 9.80. The highest BCUT2D eigenvalue weighted by atomic mass is 31.2. The van der Waals surface area contributed by atoms with E-state index in [1.54, 1.807) is 0 Å². The fraction of sp³-hybridized carbons (Fsp3) is 0.812. The molecule has 1 rings (SSSR count). The molecule has 0 aliphatic rings. The molecule has 4 heteroatoms. The molecule has 1 aromatic carbocycles. The molecule has 36 heavy (non-hydrogen) atoms. The summed E-state index contributed by atoms with van der Waals surface area (Å²) in [5, 5.41) is 0. The second-order valence-electron chi connectivity index (χ2n) is 12.7. The number of hydrogen-bond donors (Lipinski definition) is 0. The first-order valence-electron chi connectivity index (χ1n) is 15.0. The molecular formula is C32H58O3P-. The van der Waals surface area contributed by atoms with Crippen LogP contribution in [0.5, 0.6) is 5.75 Å². The summed E-state index contributed by atoms with van der Waals surface area (Å²) in [4.78, 5) is 12.4. The van der Waals surface area contributed by atoms with E-state index < -0.39 is 8.60 Å². The van der Waals surface area contributed by atoms with Crippen molar-refractivity contribution in [3.63, 3.8) is 0 Å². The Hall–Kier alpha value is -0.630. The van der Waals surface area contributed by atoms with Crippen molar-refractivity contribution in [3.05, 3.63) is 29.3 Å². The largest absolute Gasteiger partial charge is 0.776 e. The van der Waals surface area contributed by atoms with Gasteiger partial charge in [-0.3, -0.25) is 0 Å². The van der Waals surface area contributed by atoms with Gasteiger partial charge in [0.05, 0.1) is 6.61 Å². The fourth-order valence-electron chi connectivity index (χ4n) is 4.56. The van der Waals surface area contributed by atoms with E-state index in [1.165, 1.54) is 95.5 Å². The van der Waals surface area contributed by atoms with Gasteiger partial charge in [-0.15, -0.1) is 0 Å². The third-order valence-corrected chi connectivity index (χ3v) is 7.76. The zero-order valence-corrected chi connectivity index (χ0v) is 25.8. The Bertz CT molecular complexity index is 675. The van der Waals surface area contributed by atoms with Crippen molar-refractivity contribution in [2.24, 2.45) is 0 Å². The minimum atomic E-state index is -2.15. The first kappa shape index (κ1) is 33.4. The standard InChI is InChI=1S/C32H58O3P/c1-8-9-10-11-12-13-14-15-16-17-18-19-20-21-22-23-26-34-36(33)35-30-25-24-28(31(2,3)4)27-29(30)32(5,6)7/h24-25,27H,8-23,26H2,1-7H3/q-1. The van der Waals surface area contributed by atoms with Gasteiger partial charge in [-0.1, -0.05) is 157 Å². The molecule has 210 valence electrons. The summed E-state index contributed by atoms with van der Waals surface area (Å²) in [5.41, 5.74) is 2.29. The van der Waals surface area contributed by atoms with Crippen molar-refractivity contribution >= 4 is 8.60 Å². The van der Waals surface area contributed by atoms with E-state index in [-0.39, 0.29) is 10.8 Å². The van der Waals surface area contributed by atoms with Crippen LogP contribution in [0.4, 0.5) is 0 Å². The average molecular weight is 522 g/mol. The van der Waals surface area contributed by atoms with Crippen LogP contribution in [-0.4, -0.2) is 6.61 Å². The predicted octanol–water partition coefficient (Wildman–Crippen LogP) is 10.5. The minimum Gasteiger partial charge on any atom is -0.776 e. The van der Waals surface area contributed by atoms with Crippen molar-refractivity contribution in [3.8, 4) is 5.75 Å². The summed E-state index contributed by atoms with van der Waals surface area (Å²) in [7, 11) is -2.15. The van der Waals surface area contributed by atoms with Crippen LogP contribution in [-0.2, 0) is 15.4 Å². The Balaban J connectivity index is 2.10. The van der Waals surface area contributed by atoms with E-state index in [1.807, 2.05) is 6.07 Å². The van der Waals surface area contributed by atoms with Gasteiger partial charge >= 0.3 is 0 Å². The number of hydrogen-bond acceptors (Lipinski definition) is 3. The first-order valence-corrected chi connectivity index (χ1v) is 16.1. The van der Waals surface area contributed by atoms with E-state index in [9.17, 15) is 4.89 Å². The minimum absolute atomic E-state index is 0.0600. The Labute approximate surface area is 226 Å². The summed E-state index contributed by atoms with van der Waals surface area (Å²) >= 11 is 0. The van der Waals surface area contributed by atoms with Gasteiger partial charge in [0.2, 0.25) is 0 Å². The average Bonchev–Trinajstić information content (AvgIpc) is 2.80. The molecule has 0 saturated carbocycles. The highest BCUT2D eigenvalue weighted by Crippen LogP contribution is 2.40. The molecular weight excluding hydrogens is 463 g/mol. The van der Waals surface area contributed by atoms with Gasteiger partial charge in [0.1, 0.15) is 14.4 Å². The van der Waals surface area contributed by atoms with Crippen LogP contribution in [0.2, 0.25) is 0 Å². The molecule has 0 heterocycles. The van der Waals surface area contributed by atoms with Crippen LogP contribution in [0.1, 0.15) is 162 Å². The lowest BCUT2D eigenvalue weighted by Crippen LogP contribution is -2.18. The van der Waals surface area contributed by atoms with E-state index >= 15 is 0 Å². The molecule has 0 bridgehead atoms. The van der Waals surface area contributed by atoms with Gasteiger partial charge in [0, 0.05) is 5.56 Å². The van der Waals surface area contributed by atoms with Crippen LogP contribution in [0.15, 0.2) is 18.2 Å². The van der Waals surface area contributed by atoms with E-state index in [0.29, 0.717) is 12.4 Å². The molecule has 1 aromatic rings. The smallest absolute Gasteiger partial charge is 0.147 e. The Morgan fingerprint density at radius 1 is 0.639 bits per heavy atom. The highest BCUT2D eigenvalue weighted by Gasteiger charge is 2.23. The van der Waals surface area contributed by atoms with Crippen LogP contribution in [0.25, 0.3) is 0 Å². The van der Waals surface area contributed by atoms with Crippen molar-refractivity contribution < 1.29 is 13.9 Å². The molecule has 1 atom stereocenters. The van der Waals surface area contributed by atoms with Gasteiger partial charge in [0.25, 0.3) is 0 Å².